The molecule has 0 fully saturated rings. The van der Waals surface area contributed by atoms with Crippen molar-refractivity contribution < 1.29 is 22.7 Å². The zero-order valence-electron chi connectivity index (χ0n) is 17.3. The van der Waals surface area contributed by atoms with Gasteiger partial charge in [0.25, 0.3) is 0 Å². The molecule has 33 heavy (non-hydrogen) atoms. The van der Waals surface area contributed by atoms with Crippen molar-refractivity contribution in [3.05, 3.63) is 82.3 Å². The Bertz CT molecular complexity index is 1270. The fourth-order valence-corrected chi connectivity index (χ4v) is 5.15. The minimum atomic E-state index is -3.99. The number of benzene rings is 3. The molecule has 0 saturated heterocycles. The molecule has 0 aromatic heterocycles. The predicted molar refractivity (Wildman–Crippen MR) is 127 cm³/mol. The molecule has 0 bridgehead atoms. The first-order valence-corrected chi connectivity index (χ1v) is 12.2. The Labute approximate surface area is 201 Å². The van der Waals surface area contributed by atoms with E-state index in [4.69, 9.17) is 32.7 Å². The van der Waals surface area contributed by atoms with Crippen molar-refractivity contribution in [2.75, 3.05) is 25.1 Å². The van der Waals surface area contributed by atoms with Crippen LogP contribution in [0, 0.1) is 0 Å². The number of nitrogens with zero attached hydrogens (tertiary/aromatic N) is 1. The number of nitrogens with one attached hydrogen (secondary N) is 1. The fourth-order valence-electron chi connectivity index (χ4n) is 3.29. The molecule has 0 radical (unpaired) electrons. The third kappa shape index (κ3) is 5.59. The van der Waals surface area contributed by atoms with E-state index in [1.807, 2.05) is 0 Å². The molecule has 1 heterocycles. The zero-order chi connectivity index (χ0) is 23.4. The second-order valence-electron chi connectivity index (χ2n) is 7.23. The van der Waals surface area contributed by atoms with E-state index in [1.54, 1.807) is 48.5 Å². The highest BCUT2D eigenvalue weighted by Crippen LogP contribution is 2.32. The summed E-state index contributed by atoms with van der Waals surface area (Å²) in [5.74, 6) is 0.585. The molecule has 0 spiro atoms. The van der Waals surface area contributed by atoms with Gasteiger partial charge in [-0.2, -0.15) is 4.31 Å². The average molecular weight is 507 g/mol. The van der Waals surface area contributed by atoms with Crippen LogP contribution in [-0.4, -0.2) is 38.4 Å². The Morgan fingerprint density at radius 1 is 0.939 bits per heavy atom. The number of ether oxygens (including phenoxy) is 2. The van der Waals surface area contributed by atoms with Crippen LogP contribution in [-0.2, 0) is 21.4 Å². The zero-order valence-corrected chi connectivity index (χ0v) is 19.7. The Morgan fingerprint density at radius 3 is 2.39 bits per heavy atom. The van der Waals surface area contributed by atoms with Gasteiger partial charge in [-0.15, -0.1) is 0 Å². The van der Waals surface area contributed by atoms with E-state index >= 15 is 0 Å². The van der Waals surface area contributed by atoms with E-state index < -0.39 is 22.5 Å². The topological polar surface area (TPSA) is 84.9 Å². The lowest BCUT2D eigenvalue weighted by molar-refractivity contribution is -0.116. The minimum absolute atomic E-state index is 0.0715. The summed E-state index contributed by atoms with van der Waals surface area (Å²) in [5, 5.41) is 3.46. The SMILES string of the molecule is O=C(CN(Cc1ccc(Cl)cc1Cl)S(=O)(=O)c1ccccc1)Nc1ccc2c(c1)OCCO2. The van der Waals surface area contributed by atoms with Crippen LogP contribution in [0.5, 0.6) is 11.5 Å². The van der Waals surface area contributed by atoms with Crippen LogP contribution < -0.4 is 14.8 Å². The molecule has 1 amide bonds. The summed E-state index contributed by atoms with van der Waals surface area (Å²) in [7, 11) is -3.99. The number of carbonyl (C=O) groups excluding carboxylic acids is 1. The smallest absolute Gasteiger partial charge is 0.243 e. The maximum Gasteiger partial charge on any atom is 0.243 e. The summed E-state index contributed by atoms with van der Waals surface area (Å²) in [6.45, 7) is 0.333. The van der Waals surface area contributed by atoms with Gasteiger partial charge >= 0.3 is 0 Å². The molecule has 1 aliphatic rings. The molecule has 1 N–H and O–H groups in total. The Morgan fingerprint density at radius 2 is 1.67 bits per heavy atom. The van der Waals surface area contributed by atoms with Gasteiger partial charge < -0.3 is 14.8 Å². The lowest BCUT2D eigenvalue weighted by atomic mass is 10.2. The van der Waals surface area contributed by atoms with Crippen LogP contribution in [0.15, 0.2) is 71.6 Å². The van der Waals surface area contributed by atoms with Crippen molar-refractivity contribution in [2.24, 2.45) is 0 Å². The highest BCUT2D eigenvalue weighted by atomic mass is 35.5. The van der Waals surface area contributed by atoms with E-state index in [9.17, 15) is 13.2 Å². The standard InChI is InChI=1S/C23H20Cl2N2O5S/c24-17-7-6-16(20(25)12-17)14-27(33(29,30)19-4-2-1-3-5-19)15-23(28)26-18-8-9-21-22(13-18)32-11-10-31-21/h1-9,12-13H,10-11,14-15H2,(H,26,28). The number of halogens is 2. The molecule has 4 rings (SSSR count). The third-order valence-corrected chi connectivity index (χ3v) is 7.28. The van der Waals surface area contributed by atoms with Gasteiger partial charge in [0, 0.05) is 28.3 Å². The summed E-state index contributed by atoms with van der Waals surface area (Å²) in [4.78, 5) is 12.9. The molecule has 7 nitrogen and oxygen atoms in total. The molecule has 3 aromatic rings. The number of carbonyl (C=O) groups is 1. The fraction of sp³-hybridized carbons (Fsp3) is 0.174. The monoisotopic (exact) mass is 506 g/mol. The van der Waals surface area contributed by atoms with Gasteiger partial charge in [-0.3, -0.25) is 4.79 Å². The second-order valence-corrected chi connectivity index (χ2v) is 10.0. The molecule has 0 atom stereocenters. The molecule has 0 aliphatic carbocycles. The van der Waals surface area contributed by atoms with Gasteiger partial charge in [0.15, 0.2) is 11.5 Å². The summed E-state index contributed by atoms with van der Waals surface area (Å²) in [6, 6.07) is 17.7. The van der Waals surface area contributed by atoms with E-state index in [0.717, 1.165) is 4.31 Å². The molecule has 1 aliphatic heterocycles. The Kier molecular flexibility index (Phi) is 7.09. The predicted octanol–water partition coefficient (Wildman–Crippen LogP) is 4.59. The van der Waals surface area contributed by atoms with Gasteiger partial charge in [-0.05, 0) is 42.0 Å². The average Bonchev–Trinajstić information content (AvgIpc) is 2.80. The van der Waals surface area contributed by atoms with Crippen molar-refractivity contribution in [1.29, 1.82) is 0 Å². The maximum atomic E-state index is 13.3. The maximum absolute atomic E-state index is 13.3. The molecule has 10 heteroatoms. The van der Waals surface area contributed by atoms with Crippen molar-refractivity contribution in [3.8, 4) is 11.5 Å². The number of amides is 1. The molecular formula is C23H20Cl2N2O5S. The quantitative estimate of drug-likeness (QED) is 0.506. The van der Waals surface area contributed by atoms with Gasteiger partial charge in [0.1, 0.15) is 13.2 Å². The van der Waals surface area contributed by atoms with E-state index in [0.29, 0.717) is 46.0 Å². The summed E-state index contributed by atoms with van der Waals surface area (Å²) >= 11 is 12.2. The van der Waals surface area contributed by atoms with Crippen molar-refractivity contribution in [1.82, 2.24) is 4.31 Å². The lowest BCUT2D eigenvalue weighted by Gasteiger charge is -2.23. The van der Waals surface area contributed by atoms with Gasteiger partial charge in [0.2, 0.25) is 15.9 Å². The molecular weight excluding hydrogens is 487 g/mol. The highest BCUT2D eigenvalue weighted by molar-refractivity contribution is 7.89. The van der Waals surface area contributed by atoms with Crippen LogP contribution >= 0.6 is 23.2 Å². The normalized spacial score (nSPS) is 13.1. The van der Waals surface area contributed by atoms with Crippen molar-refractivity contribution >= 4 is 44.8 Å². The van der Waals surface area contributed by atoms with Crippen LogP contribution in [0.25, 0.3) is 0 Å². The number of anilines is 1. The first-order chi connectivity index (χ1) is 15.8. The first-order valence-electron chi connectivity index (χ1n) is 10.0. The summed E-state index contributed by atoms with van der Waals surface area (Å²) in [5.41, 5.74) is 0.985. The van der Waals surface area contributed by atoms with Crippen molar-refractivity contribution in [3.63, 3.8) is 0 Å². The highest BCUT2D eigenvalue weighted by Gasteiger charge is 2.27. The van der Waals surface area contributed by atoms with Gasteiger partial charge in [0.05, 0.1) is 11.4 Å². The lowest BCUT2D eigenvalue weighted by Crippen LogP contribution is -2.37. The number of hydrogen-bond donors (Lipinski definition) is 1. The molecule has 0 saturated carbocycles. The van der Waals surface area contributed by atoms with E-state index in [1.165, 1.54) is 18.2 Å². The Balaban J connectivity index is 1.58. The van der Waals surface area contributed by atoms with E-state index in [-0.39, 0.29) is 11.4 Å². The van der Waals surface area contributed by atoms with E-state index in [2.05, 4.69) is 5.32 Å². The molecule has 3 aromatic carbocycles. The summed E-state index contributed by atoms with van der Waals surface area (Å²) in [6.07, 6.45) is 0. The van der Waals surface area contributed by atoms with Crippen LogP contribution in [0.4, 0.5) is 5.69 Å². The van der Waals surface area contributed by atoms with Crippen LogP contribution in [0.1, 0.15) is 5.56 Å². The molecule has 172 valence electrons. The largest absolute Gasteiger partial charge is 0.486 e. The third-order valence-electron chi connectivity index (χ3n) is 4.89. The second kappa shape index (κ2) is 10.0. The minimum Gasteiger partial charge on any atom is -0.486 e. The first kappa shape index (κ1) is 23.4. The van der Waals surface area contributed by atoms with Gasteiger partial charge in [-0.25, -0.2) is 8.42 Å². The van der Waals surface area contributed by atoms with Crippen molar-refractivity contribution in [2.45, 2.75) is 11.4 Å². The van der Waals surface area contributed by atoms with Crippen LogP contribution in [0.3, 0.4) is 0 Å². The number of sulfonamides is 1. The van der Waals surface area contributed by atoms with Crippen LogP contribution in [0.2, 0.25) is 10.0 Å². The van der Waals surface area contributed by atoms with Gasteiger partial charge in [-0.1, -0.05) is 47.5 Å². The summed E-state index contributed by atoms with van der Waals surface area (Å²) < 4.78 is 38.8. The Hall–Kier alpha value is -2.78. The number of rotatable bonds is 7. The number of fused-ring (bicyclic) bond motifs is 1. The molecule has 0 unspecified atom stereocenters. The number of hydrogen-bond acceptors (Lipinski definition) is 5.